The van der Waals surface area contributed by atoms with Crippen molar-refractivity contribution in [2.45, 2.75) is 45.6 Å². The molecule has 0 N–H and O–H groups in total. The number of carbonyl (C=O) groups is 1. The van der Waals surface area contributed by atoms with Crippen molar-refractivity contribution >= 4 is 22.1 Å². The molecule has 1 aliphatic rings. The Morgan fingerprint density at radius 1 is 1.53 bits per heavy atom. The summed E-state index contributed by atoms with van der Waals surface area (Å²) >= 11 is 1.71. The molecule has 2 aromatic rings. The van der Waals surface area contributed by atoms with Crippen molar-refractivity contribution in [2.24, 2.45) is 0 Å². The number of piperidine rings is 1. The van der Waals surface area contributed by atoms with E-state index in [2.05, 4.69) is 16.0 Å². The normalized spacial score (nSPS) is 20.1. The first-order valence-electron chi connectivity index (χ1n) is 6.94. The van der Waals surface area contributed by atoms with Crippen LogP contribution in [0.3, 0.4) is 0 Å². The Bertz CT molecular complexity index is 601. The molecule has 0 radical (unpaired) electrons. The molecule has 1 saturated heterocycles. The Morgan fingerprint density at radius 3 is 3.16 bits per heavy atom. The number of aromatic nitrogens is 2. The average molecular weight is 277 g/mol. The van der Waals surface area contributed by atoms with Gasteiger partial charge in [-0.3, -0.25) is 9.20 Å². The predicted molar refractivity (Wildman–Crippen MR) is 76.4 cm³/mol. The highest BCUT2D eigenvalue weighted by atomic mass is 32.1. The lowest BCUT2D eigenvalue weighted by Crippen LogP contribution is -2.38. The summed E-state index contributed by atoms with van der Waals surface area (Å²) in [6.07, 6.45) is 5.97. The third-order valence-corrected chi connectivity index (χ3v) is 4.79. The number of hydrogen-bond acceptors (Lipinski definition) is 3. The maximum absolute atomic E-state index is 12.1. The molecule has 1 aliphatic heterocycles. The number of nitrogens with zero attached hydrogens (tertiary/aromatic N) is 3. The number of rotatable bonds is 2. The molecule has 0 aliphatic carbocycles. The number of aryl methyl sites for hydroxylation is 1. The maximum Gasteiger partial charge on any atom is 0.222 e. The van der Waals surface area contributed by atoms with Crippen molar-refractivity contribution in [1.29, 1.82) is 0 Å². The maximum atomic E-state index is 12.1. The monoisotopic (exact) mass is 277 g/mol. The van der Waals surface area contributed by atoms with Gasteiger partial charge in [0.05, 0.1) is 11.7 Å². The third-order valence-electron chi connectivity index (χ3n) is 3.90. The van der Waals surface area contributed by atoms with Gasteiger partial charge in [0.1, 0.15) is 10.7 Å². The molecule has 1 amide bonds. The van der Waals surface area contributed by atoms with Gasteiger partial charge in [-0.15, -0.1) is 11.3 Å². The summed E-state index contributed by atoms with van der Waals surface area (Å²) in [6.45, 7) is 4.84. The van der Waals surface area contributed by atoms with Gasteiger partial charge in [0.25, 0.3) is 0 Å². The fourth-order valence-corrected chi connectivity index (χ4v) is 3.85. The van der Waals surface area contributed by atoms with E-state index in [1.54, 1.807) is 11.3 Å². The van der Waals surface area contributed by atoms with E-state index >= 15 is 0 Å². The Morgan fingerprint density at radius 2 is 2.37 bits per heavy atom. The second-order valence-electron chi connectivity index (χ2n) is 5.07. The summed E-state index contributed by atoms with van der Waals surface area (Å²) in [5.41, 5.74) is 1.09. The predicted octanol–water partition coefficient (Wildman–Crippen LogP) is 3.17. The number of imidazole rings is 1. The molecule has 1 fully saturated rings. The summed E-state index contributed by atoms with van der Waals surface area (Å²) in [7, 11) is 0. The second-order valence-corrected chi connectivity index (χ2v) is 5.97. The van der Waals surface area contributed by atoms with E-state index in [4.69, 9.17) is 4.98 Å². The standard InChI is InChI=1S/C14H19N3OS/c1-3-12(18)17-7-5-4-6-11(17)13-14-16(8-9-19-14)10(2)15-13/h8-9,11H,3-7H2,1-2H3/t11-/m1/s1. The molecule has 0 bridgehead atoms. The van der Waals surface area contributed by atoms with Crippen LogP contribution in [0.1, 0.15) is 50.2 Å². The highest BCUT2D eigenvalue weighted by molar-refractivity contribution is 7.15. The van der Waals surface area contributed by atoms with Crippen molar-refractivity contribution < 1.29 is 4.79 Å². The van der Waals surface area contributed by atoms with Crippen molar-refractivity contribution in [1.82, 2.24) is 14.3 Å². The quantitative estimate of drug-likeness (QED) is 0.845. The average Bonchev–Trinajstić information content (AvgIpc) is 3.02. The van der Waals surface area contributed by atoms with Crippen LogP contribution in [0.5, 0.6) is 0 Å². The van der Waals surface area contributed by atoms with Gasteiger partial charge in [-0.1, -0.05) is 6.92 Å². The first-order valence-corrected chi connectivity index (χ1v) is 7.82. The van der Waals surface area contributed by atoms with Gasteiger partial charge in [-0.05, 0) is 26.2 Å². The van der Waals surface area contributed by atoms with Crippen molar-refractivity contribution in [3.05, 3.63) is 23.1 Å². The van der Waals surface area contributed by atoms with Crippen LogP contribution in [0.25, 0.3) is 4.83 Å². The summed E-state index contributed by atoms with van der Waals surface area (Å²) in [5, 5.41) is 2.09. The highest BCUT2D eigenvalue weighted by Crippen LogP contribution is 2.35. The number of amides is 1. The van der Waals surface area contributed by atoms with Gasteiger partial charge in [-0.25, -0.2) is 4.98 Å². The zero-order chi connectivity index (χ0) is 13.4. The van der Waals surface area contributed by atoms with E-state index in [0.29, 0.717) is 6.42 Å². The molecule has 3 heterocycles. The van der Waals surface area contributed by atoms with E-state index in [-0.39, 0.29) is 11.9 Å². The minimum atomic E-state index is 0.170. The molecular formula is C14H19N3OS. The van der Waals surface area contributed by atoms with E-state index < -0.39 is 0 Å². The van der Waals surface area contributed by atoms with E-state index in [1.165, 1.54) is 11.3 Å². The molecule has 5 heteroatoms. The highest BCUT2D eigenvalue weighted by Gasteiger charge is 2.30. The smallest absolute Gasteiger partial charge is 0.222 e. The van der Waals surface area contributed by atoms with Crippen LogP contribution in [-0.2, 0) is 4.79 Å². The molecule has 1 atom stereocenters. The van der Waals surface area contributed by atoms with Crippen molar-refractivity contribution in [2.75, 3.05) is 6.54 Å². The molecule has 19 heavy (non-hydrogen) atoms. The first-order chi connectivity index (χ1) is 9.22. The number of hydrogen-bond donors (Lipinski definition) is 0. The van der Waals surface area contributed by atoms with Crippen molar-refractivity contribution in [3.63, 3.8) is 0 Å². The molecule has 102 valence electrons. The molecular weight excluding hydrogens is 258 g/mol. The summed E-state index contributed by atoms with van der Waals surface area (Å²) in [4.78, 5) is 20.1. The lowest BCUT2D eigenvalue weighted by Gasteiger charge is -2.34. The number of likely N-dealkylation sites (tertiary alicyclic amines) is 1. The topological polar surface area (TPSA) is 37.6 Å². The molecule has 3 rings (SSSR count). The Labute approximate surface area is 117 Å². The largest absolute Gasteiger partial charge is 0.334 e. The van der Waals surface area contributed by atoms with Gasteiger partial charge in [0, 0.05) is 24.5 Å². The Hall–Kier alpha value is -1.36. The Kier molecular flexibility index (Phi) is 3.31. The van der Waals surface area contributed by atoms with Crippen LogP contribution in [0.15, 0.2) is 11.6 Å². The van der Waals surface area contributed by atoms with Gasteiger partial charge in [0.15, 0.2) is 0 Å². The lowest BCUT2D eigenvalue weighted by atomic mass is 9.99. The van der Waals surface area contributed by atoms with Crippen LogP contribution in [0, 0.1) is 6.92 Å². The fraction of sp³-hybridized carbons (Fsp3) is 0.571. The summed E-state index contributed by atoms with van der Waals surface area (Å²) in [6, 6.07) is 0.170. The molecule has 0 saturated carbocycles. The van der Waals surface area contributed by atoms with Crippen molar-refractivity contribution in [3.8, 4) is 0 Å². The van der Waals surface area contributed by atoms with Gasteiger partial charge in [0.2, 0.25) is 5.91 Å². The molecule has 0 spiro atoms. The first kappa shape index (κ1) is 12.7. The zero-order valence-electron chi connectivity index (χ0n) is 11.4. The van der Waals surface area contributed by atoms with Crippen LogP contribution in [-0.4, -0.2) is 26.7 Å². The minimum Gasteiger partial charge on any atom is -0.334 e. The molecule has 4 nitrogen and oxygen atoms in total. The fourth-order valence-electron chi connectivity index (χ4n) is 2.93. The van der Waals surface area contributed by atoms with Gasteiger partial charge >= 0.3 is 0 Å². The summed E-state index contributed by atoms with van der Waals surface area (Å²) < 4.78 is 2.13. The van der Waals surface area contributed by atoms with Gasteiger partial charge in [-0.2, -0.15) is 0 Å². The van der Waals surface area contributed by atoms with E-state index in [1.807, 2.05) is 18.7 Å². The number of carbonyl (C=O) groups excluding carboxylic acids is 1. The number of fused-ring (bicyclic) bond motifs is 1. The van der Waals surface area contributed by atoms with E-state index in [9.17, 15) is 4.79 Å². The molecule has 0 aromatic carbocycles. The molecule has 0 unspecified atom stereocenters. The SMILES string of the molecule is CCC(=O)N1CCCC[C@@H]1c1nc(C)n2ccsc12. The van der Waals surface area contributed by atoms with Crippen LogP contribution in [0.2, 0.25) is 0 Å². The zero-order valence-corrected chi connectivity index (χ0v) is 12.2. The third kappa shape index (κ3) is 2.06. The Balaban J connectivity index is 2.02. The molecule has 2 aromatic heterocycles. The number of thiazole rings is 1. The lowest BCUT2D eigenvalue weighted by molar-refractivity contribution is -0.134. The van der Waals surface area contributed by atoms with Crippen LogP contribution in [0.4, 0.5) is 0 Å². The minimum absolute atomic E-state index is 0.170. The van der Waals surface area contributed by atoms with Crippen LogP contribution < -0.4 is 0 Å². The van der Waals surface area contributed by atoms with E-state index in [0.717, 1.165) is 30.9 Å². The second kappa shape index (κ2) is 4.96. The van der Waals surface area contributed by atoms with Gasteiger partial charge < -0.3 is 4.90 Å². The van der Waals surface area contributed by atoms with Crippen LogP contribution >= 0.6 is 11.3 Å². The summed E-state index contributed by atoms with van der Waals surface area (Å²) in [5.74, 6) is 1.26.